The highest BCUT2D eigenvalue weighted by molar-refractivity contribution is 9.09. The van der Waals surface area contributed by atoms with E-state index in [1.54, 1.807) is 23.1 Å². The lowest BCUT2D eigenvalue weighted by atomic mass is 10.0. The van der Waals surface area contributed by atoms with Gasteiger partial charge in [0.2, 0.25) is 0 Å². The van der Waals surface area contributed by atoms with Gasteiger partial charge in [0.05, 0.1) is 5.56 Å². The molecule has 2 atom stereocenters. The Morgan fingerprint density at radius 2 is 2.24 bits per heavy atom. The van der Waals surface area contributed by atoms with Gasteiger partial charge in [-0.15, -0.1) is 0 Å². The summed E-state index contributed by atoms with van der Waals surface area (Å²) in [5, 5.41) is 0.744. The second-order valence-corrected chi connectivity index (χ2v) is 5.11. The molecule has 2 rings (SSSR count). The summed E-state index contributed by atoms with van der Waals surface area (Å²) in [7, 11) is 0. The standard InChI is InChI=1S/C13H15BrFNO/c1-9-6-7-16(12(9)8-14)13(17)10-4-2-3-5-11(10)15/h2-5,9,12H,6-8H2,1H3. The van der Waals surface area contributed by atoms with Crippen LogP contribution in [0.5, 0.6) is 0 Å². The predicted octanol–water partition coefficient (Wildman–Crippen LogP) is 3.07. The van der Waals surface area contributed by atoms with Gasteiger partial charge < -0.3 is 4.90 Å². The van der Waals surface area contributed by atoms with E-state index in [1.165, 1.54) is 6.07 Å². The number of likely N-dealkylation sites (tertiary alicyclic amines) is 1. The van der Waals surface area contributed by atoms with Crippen LogP contribution in [0.4, 0.5) is 4.39 Å². The summed E-state index contributed by atoms with van der Waals surface area (Å²) < 4.78 is 13.6. The lowest BCUT2D eigenvalue weighted by molar-refractivity contribution is 0.0734. The Balaban J connectivity index is 2.24. The van der Waals surface area contributed by atoms with Gasteiger partial charge in [0.25, 0.3) is 5.91 Å². The van der Waals surface area contributed by atoms with Crippen molar-refractivity contribution in [3.05, 3.63) is 35.6 Å². The van der Waals surface area contributed by atoms with Gasteiger partial charge in [0.15, 0.2) is 0 Å². The van der Waals surface area contributed by atoms with Crippen molar-refractivity contribution >= 4 is 21.8 Å². The van der Waals surface area contributed by atoms with Crippen LogP contribution in [0.2, 0.25) is 0 Å². The fourth-order valence-corrected chi connectivity index (χ4v) is 3.27. The molecule has 0 aromatic heterocycles. The molecule has 0 saturated carbocycles. The molecule has 1 aliphatic rings. The van der Waals surface area contributed by atoms with Gasteiger partial charge in [0, 0.05) is 17.9 Å². The van der Waals surface area contributed by atoms with Crippen LogP contribution in [-0.2, 0) is 0 Å². The highest BCUT2D eigenvalue weighted by Crippen LogP contribution is 2.27. The number of amides is 1. The Labute approximate surface area is 109 Å². The number of benzene rings is 1. The fourth-order valence-electron chi connectivity index (χ4n) is 2.29. The van der Waals surface area contributed by atoms with Crippen molar-refractivity contribution in [3.63, 3.8) is 0 Å². The maximum atomic E-state index is 13.6. The maximum Gasteiger partial charge on any atom is 0.257 e. The Morgan fingerprint density at radius 3 is 2.88 bits per heavy atom. The molecule has 17 heavy (non-hydrogen) atoms. The smallest absolute Gasteiger partial charge is 0.257 e. The number of carbonyl (C=O) groups is 1. The zero-order chi connectivity index (χ0) is 12.4. The lowest BCUT2D eigenvalue weighted by Gasteiger charge is -2.25. The summed E-state index contributed by atoms with van der Waals surface area (Å²) in [5.74, 6) is -0.174. The minimum absolute atomic E-state index is 0.169. The van der Waals surface area contributed by atoms with Crippen LogP contribution in [0.3, 0.4) is 0 Å². The summed E-state index contributed by atoms with van der Waals surface area (Å²) in [5.41, 5.74) is 0.174. The van der Waals surface area contributed by atoms with Crippen LogP contribution < -0.4 is 0 Å². The van der Waals surface area contributed by atoms with Crippen LogP contribution in [0.15, 0.2) is 24.3 Å². The molecule has 92 valence electrons. The van der Waals surface area contributed by atoms with Gasteiger partial charge in [0.1, 0.15) is 5.82 Å². The quantitative estimate of drug-likeness (QED) is 0.769. The molecule has 1 aromatic carbocycles. The number of hydrogen-bond acceptors (Lipinski definition) is 1. The van der Waals surface area contributed by atoms with Crippen molar-refractivity contribution in [3.8, 4) is 0 Å². The number of rotatable bonds is 2. The Hall–Kier alpha value is -0.900. The van der Waals surface area contributed by atoms with Gasteiger partial charge in [-0.1, -0.05) is 35.0 Å². The first-order valence-corrected chi connectivity index (χ1v) is 6.88. The number of alkyl halides is 1. The molecule has 0 aliphatic carbocycles. The van der Waals surface area contributed by atoms with Crippen molar-refractivity contribution in [1.29, 1.82) is 0 Å². The molecule has 0 bridgehead atoms. The van der Waals surface area contributed by atoms with Crippen LogP contribution in [-0.4, -0.2) is 28.7 Å². The molecule has 1 aromatic rings. The fraction of sp³-hybridized carbons (Fsp3) is 0.462. The maximum absolute atomic E-state index is 13.6. The van der Waals surface area contributed by atoms with E-state index in [9.17, 15) is 9.18 Å². The summed E-state index contributed by atoms with van der Waals surface area (Å²) >= 11 is 3.43. The van der Waals surface area contributed by atoms with Crippen LogP contribution >= 0.6 is 15.9 Å². The molecule has 1 amide bonds. The van der Waals surface area contributed by atoms with E-state index in [1.807, 2.05) is 0 Å². The molecule has 1 fully saturated rings. The first kappa shape index (κ1) is 12.6. The number of halogens is 2. The molecular formula is C13H15BrFNO. The summed E-state index contributed by atoms with van der Waals surface area (Å²) in [6, 6.07) is 6.34. The molecule has 1 aliphatic heterocycles. The van der Waals surface area contributed by atoms with Crippen molar-refractivity contribution in [1.82, 2.24) is 4.90 Å². The highest BCUT2D eigenvalue weighted by Gasteiger charge is 2.34. The van der Waals surface area contributed by atoms with E-state index in [4.69, 9.17) is 0 Å². The molecule has 1 heterocycles. The molecule has 0 spiro atoms. The Kier molecular flexibility index (Phi) is 3.82. The number of nitrogens with zero attached hydrogens (tertiary/aromatic N) is 1. The Morgan fingerprint density at radius 1 is 1.53 bits per heavy atom. The third kappa shape index (κ3) is 2.37. The van der Waals surface area contributed by atoms with Gasteiger partial charge in [-0.2, -0.15) is 0 Å². The first-order chi connectivity index (χ1) is 8.15. The van der Waals surface area contributed by atoms with E-state index >= 15 is 0 Å². The largest absolute Gasteiger partial charge is 0.334 e. The molecule has 0 radical (unpaired) electrons. The monoisotopic (exact) mass is 299 g/mol. The second-order valence-electron chi connectivity index (χ2n) is 4.47. The molecular weight excluding hydrogens is 285 g/mol. The van der Waals surface area contributed by atoms with Gasteiger partial charge >= 0.3 is 0 Å². The van der Waals surface area contributed by atoms with Gasteiger partial charge in [-0.3, -0.25) is 4.79 Å². The summed E-state index contributed by atoms with van der Waals surface area (Å²) in [4.78, 5) is 14.0. The minimum Gasteiger partial charge on any atom is -0.334 e. The minimum atomic E-state index is -0.439. The van der Waals surface area contributed by atoms with Crippen LogP contribution in [0.25, 0.3) is 0 Å². The molecule has 4 heteroatoms. The topological polar surface area (TPSA) is 20.3 Å². The van der Waals surface area contributed by atoms with E-state index in [2.05, 4.69) is 22.9 Å². The third-order valence-corrected chi connectivity index (χ3v) is 4.07. The lowest BCUT2D eigenvalue weighted by Crippen LogP contribution is -2.38. The molecule has 0 N–H and O–H groups in total. The predicted molar refractivity (Wildman–Crippen MR) is 68.8 cm³/mol. The number of hydrogen-bond donors (Lipinski definition) is 0. The average Bonchev–Trinajstić information content (AvgIpc) is 2.70. The molecule has 1 saturated heterocycles. The Bertz CT molecular complexity index is 424. The van der Waals surface area contributed by atoms with Crippen LogP contribution in [0, 0.1) is 11.7 Å². The third-order valence-electron chi connectivity index (χ3n) is 3.41. The van der Waals surface area contributed by atoms with Crippen molar-refractivity contribution in [2.75, 3.05) is 11.9 Å². The molecule has 2 nitrogen and oxygen atoms in total. The summed E-state index contributed by atoms with van der Waals surface area (Å²) in [6.07, 6.45) is 0.983. The van der Waals surface area contributed by atoms with Crippen molar-refractivity contribution in [2.45, 2.75) is 19.4 Å². The van der Waals surface area contributed by atoms with Crippen molar-refractivity contribution in [2.24, 2.45) is 5.92 Å². The van der Waals surface area contributed by atoms with Crippen molar-refractivity contribution < 1.29 is 9.18 Å². The zero-order valence-electron chi connectivity index (χ0n) is 9.70. The average molecular weight is 300 g/mol. The SMILES string of the molecule is CC1CCN(C(=O)c2ccccc2F)C1CBr. The van der Waals surface area contributed by atoms with Crippen LogP contribution in [0.1, 0.15) is 23.7 Å². The normalized spacial score (nSPS) is 24.1. The zero-order valence-corrected chi connectivity index (χ0v) is 11.3. The number of carbonyl (C=O) groups excluding carboxylic acids is 1. The van der Waals surface area contributed by atoms with Gasteiger partial charge in [-0.05, 0) is 24.5 Å². The second kappa shape index (κ2) is 5.17. The first-order valence-electron chi connectivity index (χ1n) is 5.76. The van der Waals surface area contributed by atoms with E-state index in [-0.39, 0.29) is 17.5 Å². The van der Waals surface area contributed by atoms with E-state index in [0.29, 0.717) is 12.5 Å². The van der Waals surface area contributed by atoms with E-state index < -0.39 is 5.82 Å². The van der Waals surface area contributed by atoms with E-state index in [0.717, 1.165) is 11.8 Å². The highest BCUT2D eigenvalue weighted by atomic mass is 79.9. The van der Waals surface area contributed by atoms with Gasteiger partial charge in [-0.25, -0.2) is 4.39 Å². The molecule has 2 unspecified atom stereocenters. The summed E-state index contributed by atoms with van der Waals surface area (Å²) in [6.45, 7) is 2.84.